The third kappa shape index (κ3) is 5.63. The highest BCUT2D eigenvalue weighted by atomic mass is 19.4. The molecule has 3 aromatic carbocycles. The van der Waals surface area contributed by atoms with E-state index in [9.17, 15) is 26.3 Å². The monoisotopic (exact) mass is 540 g/mol. The molecule has 4 atom stereocenters. The van der Waals surface area contributed by atoms with Crippen LogP contribution in [-0.2, 0) is 30.5 Å². The van der Waals surface area contributed by atoms with Crippen LogP contribution in [0.25, 0.3) is 0 Å². The van der Waals surface area contributed by atoms with Crippen molar-refractivity contribution in [3.8, 4) is 0 Å². The van der Waals surface area contributed by atoms with E-state index in [1.165, 1.54) is 60.7 Å². The van der Waals surface area contributed by atoms with Crippen molar-refractivity contribution in [2.45, 2.75) is 36.1 Å². The Bertz CT molecular complexity index is 1150. The van der Waals surface area contributed by atoms with Gasteiger partial charge in [0.15, 0.2) is 0 Å². The number of halogens is 6. The van der Waals surface area contributed by atoms with E-state index < -0.39 is 47.3 Å². The second-order valence-electron chi connectivity index (χ2n) is 8.14. The highest BCUT2D eigenvalue weighted by Crippen LogP contribution is 2.49. The zero-order valence-corrected chi connectivity index (χ0v) is 20.5. The minimum atomic E-state index is -5.15. The number of hydrogen-bond donors (Lipinski definition) is 0. The summed E-state index contributed by atoms with van der Waals surface area (Å²) in [5, 5.41) is 0. The molecule has 0 aliphatic heterocycles. The lowest BCUT2D eigenvalue weighted by Gasteiger charge is -2.42. The summed E-state index contributed by atoms with van der Waals surface area (Å²) in [6.07, 6.45) is -12.9. The van der Waals surface area contributed by atoms with E-state index in [4.69, 9.17) is 18.9 Å². The molecule has 0 aliphatic carbocycles. The zero-order valence-electron chi connectivity index (χ0n) is 20.5. The van der Waals surface area contributed by atoms with Crippen molar-refractivity contribution >= 4 is 0 Å². The van der Waals surface area contributed by atoms with Crippen molar-refractivity contribution in [2.24, 2.45) is 0 Å². The van der Waals surface area contributed by atoms with Gasteiger partial charge in [0.25, 0.3) is 11.6 Å². The molecule has 0 amide bonds. The van der Waals surface area contributed by atoms with Crippen molar-refractivity contribution in [1.29, 1.82) is 0 Å². The van der Waals surface area contributed by atoms with E-state index >= 15 is 0 Å². The highest BCUT2D eigenvalue weighted by Gasteiger charge is 2.63. The lowest BCUT2D eigenvalue weighted by molar-refractivity contribution is -0.423. The largest absolute Gasteiger partial charge is 0.448 e. The molecule has 3 rings (SSSR count). The fourth-order valence-corrected chi connectivity index (χ4v) is 4.05. The van der Waals surface area contributed by atoms with Crippen LogP contribution < -0.4 is 0 Å². The number of alkyl halides is 6. The molecule has 0 aromatic heterocycles. The average molecular weight is 541 g/mol. The van der Waals surface area contributed by atoms with Gasteiger partial charge in [0.05, 0.1) is 0 Å². The third-order valence-electron chi connectivity index (χ3n) is 5.88. The van der Waals surface area contributed by atoms with Gasteiger partial charge in [-0.05, 0) is 5.56 Å². The van der Waals surface area contributed by atoms with E-state index in [2.05, 4.69) is 6.58 Å². The minimum absolute atomic E-state index is 0.0826. The summed E-state index contributed by atoms with van der Waals surface area (Å²) >= 11 is 0. The maximum atomic E-state index is 14.6. The molecule has 0 heterocycles. The van der Waals surface area contributed by atoms with Crippen LogP contribution in [0, 0.1) is 0 Å². The van der Waals surface area contributed by atoms with E-state index in [-0.39, 0.29) is 5.56 Å². The molecule has 2 unspecified atom stereocenters. The van der Waals surface area contributed by atoms with E-state index in [0.717, 1.165) is 44.6 Å². The fourth-order valence-electron chi connectivity index (χ4n) is 4.05. The molecule has 0 fully saturated rings. The number of methoxy groups -OCH3 is 2. The zero-order chi connectivity index (χ0) is 28.0. The number of rotatable bonds is 11. The van der Waals surface area contributed by atoms with Gasteiger partial charge >= 0.3 is 12.4 Å². The lowest BCUT2D eigenvalue weighted by atomic mass is 9.99. The Balaban J connectivity index is 2.20. The first kappa shape index (κ1) is 29.4. The first-order chi connectivity index (χ1) is 18.0. The quantitative estimate of drug-likeness (QED) is 0.144. The number of benzene rings is 3. The molecule has 38 heavy (non-hydrogen) atoms. The van der Waals surface area contributed by atoms with Crippen LogP contribution in [0.15, 0.2) is 104 Å². The van der Waals surface area contributed by atoms with Crippen LogP contribution >= 0.6 is 0 Å². The van der Waals surface area contributed by atoms with Gasteiger partial charge in [0.1, 0.15) is 12.2 Å². The second-order valence-corrected chi connectivity index (χ2v) is 8.14. The van der Waals surface area contributed by atoms with Gasteiger partial charge in [0, 0.05) is 25.3 Å². The molecule has 10 heteroatoms. The topological polar surface area (TPSA) is 36.9 Å². The van der Waals surface area contributed by atoms with Crippen LogP contribution in [0.2, 0.25) is 0 Å². The number of hydrogen-bond acceptors (Lipinski definition) is 4. The first-order valence-corrected chi connectivity index (χ1v) is 11.3. The van der Waals surface area contributed by atoms with Gasteiger partial charge in [-0.15, -0.1) is 6.58 Å². The summed E-state index contributed by atoms with van der Waals surface area (Å²) in [4.78, 5) is 0. The molecule has 0 saturated carbocycles. The van der Waals surface area contributed by atoms with E-state index in [1.807, 2.05) is 0 Å². The molecule has 0 aliphatic rings. The summed E-state index contributed by atoms with van der Waals surface area (Å²) in [6, 6.07) is 20.3. The van der Waals surface area contributed by atoms with Crippen molar-refractivity contribution in [1.82, 2.24) is 0 Å². The van der Waals surface area contributed by atoms with Gasteiger partial charge in [-0.1, -0.05) is 97.1 Å². The summed E-state index contributed by atoms with van der Waals surface area (Å²) in [7, 11) is 1.59. The SMILES string of the molecule is C=C[C@@H](OC(OC)(c1ccccc1)C(F)(F)F)[C@@H](OC(OC)(c1ccccc1)C(F)(F)F)c1ccccc1. The summed E-state index contributed by atoms with van der Waals surface area (Å²) in [6.45, 7) is 3.54. The lowest BCUT2D eigenvalue weighted by Crippen LogP contribution is -2.52. The third-order valence-corrected chi connectivity index (χ3v) is 5.88. The van der Waals surface area contributed by atoms with Gasteiger partial charge in [0.2, 0.25) is 0 Å². The minimum Gasteiger partial charge on any atom is -0.342 e. The molecule has 0 N–H and O–H groups in total. The van der Waals surface area contributed by atoms with Crippen LogP contribution in [0.1, 0.15) is 22.8 Å². The Kier molecular flexibility index (Phi) is 9.04. The maximum absolute atomic E-state index is 14.6. The first-order valence-electron chi connectivity index (χ1n) is 11.3. The maximum Gasteiger partial charge on any atom is 0.448 e. The molecular formula is C28H26F6O4. The van der Waals surface area contributed by atoms with Crippen LogP contribution in [0.4, 0.5) is 26.3 Å². The van der Waals surface area contributed by atoms with Gasteiger partial charge < -0.3 is 18.9 Å². The Hall–Kier alpha value is -3.18. The highest BCUT2D eigenvalue weighted by molar-refractivity contribution is 5.26. The molecule has 4 nitrogen and oxygen atoms in total. The van der Waals surface area contributed by atoms with Crippen LogP contribution in [-0.4, -0.2) is 32.7 Å². The molecular weight excluding hydrogens is 514 g/mol. The Morgan fingerprint density at radius 2 is 0.974 bits per heavy atom. The molecule has 0 saturated heterocycles. The number of ether oxygens (including phenoxy) is 4. The molecule has 0 spiro atoms. The molecule has 3 aromatic rings. The summed E-state index contributed by atoms with van der Waals surface area (Å²) in [5.41, 5.74) is -0.763. The standard InChI is InChI=1S/C28H26F6O4/c1-4-23(37-25(35-2,27(29,30)31)21-16-10-6-11-17-21)24(20-14-8-5-9-15-20)38-26(36-3,28(32,33)34)22-18-12-7-13-19-22/h4-19,23-24H,1H2,2-3H3/t23-,24+,25?,26?/m1/s1. The van der Waals surface area contributed by atoms with E-state index in [0.29, 0.717) is 0 Å². The Morgan fingerprint density at radius 3 is 1.32 bits per heavy atom. The van der Waals surface area contributed by atoms with Crippen molar-refractivity contribution in [3.63, 3.8) is 0 Å². The second kappa shape index (κ2) is 11.7. The Morgan fingerprint density at radius 1 is 0.605 bits per heavy atom. The molecule has 0 bridgehead atoms. The molecule has 204 valence electrons. The van der Waals surface area contributed by atoms with Crippen LogP contribution in [0.5, 0.6) is 0 Å². The average Bonchev–Trinajstić information content (AvgIpc) is 2.91. The summed E-state index contributed by atoms with van der Waals surface area (Å²) < 4.78 is 109. The normalized spacial score (nSPS) is 17.2. The summed E-state index contributed by atoms with van der Waals surface area (Å²) in [5.74, 6) is -6.72. The molecule has 0 radical (unpaired) electrons. The Labute approximate surface area is 216 Å². The van der Waals surface area contributed by atoms with Gasteiger partial charge in [-0.25, -0.2) is 0 Å². The van der Waals surface area contributed by atoms with Crippen LogP contribution in [0.3, 0.4) is 0 Å². The van der Waals surface area contributed by atoms with E-state index in [1.54, 1.807) is 6.07 Å². The predicted molar refractivity (Wildman–Crippen MR) is 128 cm³/mol. The van der Waals surface area contributed by atoms with Gasteiger partial charge in [-0.3, -0.25) is 0 Å². The van der Waals surface area contributed by atoms with Crippen molar-refractivity contribution in [2.75, 3.05) is 14.2 Å². The van der Waals surface area contributed by atoms with Gasteiger partial charge in [-0.2, -0.15) is 26.3 Å². The smallest absolute Gasteiger partial charge is 0.342 e. The fraction of sp³-hybridized carbons (Fsp3) is 0.286. The van der Waals surface area contributed by atoms with Crippen molar-refractivity contribution in [3.05, 3.63) is 120 Å². The van der Waals surface area contributed by atoms with Crippen molar-refractivity contribution < 1.29 is 45.3 Å². The predicted octanol–water partition coefficient (Wildman–Crippen LogP) is 7.44.